The maximum atomic E-state index is 13.5. The average Bonchev–Trinajstić information content (AvgIpc) is 2.69. The predicted octanol–water partition coefficient (Wildman–Crippen LogP) is 5.87. The van der Waals surface area contributed by atoms with Gasteiger partial charge in [-0.25, -0.2) is 13.7 Å². The van der Waals surface area contributed by atoms with Crippen LogP contribution in [0.4, 0.5) is 0 Å². The summed E-state index contributed by atoms with van der Waals surface area (Å²) in [7, 11) is -15.6. The summed E-state index contributed by atoms with van der Waals surface area (Å²) in [6, 6.07) is 21.4. The smallest absolute Gasteiger partial charge is 0.403 e. The van der Waals surface area contributed by atoms with E-state index in [0.29, 0.717) is 5.56 Å². The standard InChI is InChI=1S/C19H19O10P3/c1-16-10-8-9-15-19(16)27-32(24,28-30(20,21)22)29-31(23,25-17-11-4-2-5-12-17)26-18-13-6-3-7-14-18/h2-15H,1H3,(H2,20,21,22). The van der Waals surface area contributed by atoms with E-state index < -0.39 is 23.5 Å². The Morgan fingerprint density at radius 3 is 1.53 bits per heavy atom. The molecule has 1 atom stereocenters. The van der Waals surface area contributed by atoms with Crippen molar-refractivity contribution >= 4 is 23.5 Å². The van der Waals surface area contributed by atoms with Gasteiger partial charge in [0.2, 0.25) is 0 Å². The van der Waals surface area contributed by atoms with E-state index >= 15 is 0 Å². The third-order valence-corrected chi connectivity index (χ3v) is 8.17. The Kier molecular flexibility index (Phi) is 7.59. The molecule has 0 saturated heterocycles. The molecule has 0 aliphatic carbocycles. The van der Waals surface area contributed by atoms with E-state index in [1.54, 1.807) is 55.5 Å². The SMILES string of the molecule is Cc1ccccc1OP(=O)(OP(=O)(O)O)OP(=O)(Oc1ccccc1)Oc1ccccc1. The van der Waals surface area contributed by atoms with Crippen LogP contribution in [0.25, 0.3) is 0 Å². The van der Waals surface area contributed by atoms with Gasteiger partial charge in [-0.1, -0.05) is 54.6 Å². The summed E-state index contributed by atoms with van der Waals surface area (Å²) in [5.74, 6) is -0.0778. The lowest BCUT2D eigenvalue weighted by Crippen LogP contribution is -2.08. The van der Waals surface area contributed by atoms with Crippen LogP contribution in [0.2, 0.25) is 0 Å². The summed E-state index contributed by atoms with van der Waals surface area (Å²) in [6.07, 6.45) is 0. The highest BCUT2D eigenvalue weighted by molar-refractivity contribution is 7.67. The van der Waals surface area contributed by atoms with Crippen LogP contribution >= 0.6 is 23.5 Å². The molecular formula is C19H19O10P3. The molecule has 0 aliphatic heterocycles. The lowest BCUT2D eigenvalue weighted by Gasteiger charge is -2.24. The number of phosphoric ester groups is 1. The molecule has 2 N–H and O–H groups in total. The van der Waals surface area contributed by atoms with Crippen molar-refractivity contribution in [2.75, 3.05) is 0 Å². The average molecular weight is 500 g/mol. The van der Waals surface area contributed by atoms with Crippen LogP contribution in [0.15, 0.2) is 84.9 Å². The maximum Gasteiger partial charge on any atom is 0.597 e. The van der Waals surface area contributed by atoms with Crippen LogP contribution in [0.5, 0.6) is 17.2 Å². The maximum absolute atomic E-state index is 13.5. The van der Waals surface area contributed by atoms with Gasteiger partial charge >= 0.3 is 23.5 Å². The fourth-order valence-corrected chi connectivity index (χ4v) is 6.54. The largest absolute Gasteiger partial charge is 0.597 e. The quantitative estimate of drug-likeness (QED) is 0.325. The molecule has 170 valence electrons. The van der Waals surface area contributed by atoms with Gasteiger partial charge < -0.3 is 23.4 Å². The number of benzene rings is 3. The third-order valence-electron chi connectivity index (χ3n) is 3.63. The van der Waals surface area contributed by atoms with E-state index in [9.17, 15) is 23.5 Å². The van der Waals surface area contributed by atoms with Crippen molar-refractivity contribution in [2.24, 2.45) is 0 Å². The first kappa shape index (κ1) is 24.2. The number of phosphoric acid groups is 3. The summed E-state index contributed by atoms with van der Waals surface area (Å²) < 4.78 is 63.3. The number of hydrogen-bond donors (Lipinski definition) is 2. The van der Waals surface area contributed by atoms with Gasteiger partial charge in [-0.3, -0.25) is 0 Å². The van der Waals surface area contributed by atoms with Gasteiger partial charge in [0.05, 0.1) is 0 Å². The van der Waals surface area contributed by atoms with Gasteiger partial charge in [0.25, 0.3) is 0 Å². The van der Waals surface area contributed by atoms with Crippen LogP contribution in [0.1, 0.15) is 5.56 Å². The monoisotopic (exact) mass is 500 g/mol. The number of para-hydroxylation sites is 3. The molecule has 0 saturated carbocycles. The first-order valence-electron chi connectivity index (χ1n) is 8.99. The van der Waals surface area contributed by atoms with Gasteiger partial charge in [0.15, 0.2) is 0 Å². The second-order valence-electron chi connectivity index (χ2n) is 6.21. The molecule has 10 nitrogen and oxygen atoms in total. The van der Waals surface area contributed by atoms with Gasteiger partial charge in [-0.2, -0.15) is 8.62 Å². The highest BCUT2D eigenvalue weighted by atomic mass is 31.3. The third kappa shape index (κ3) is 7.33. The first-order chi connectivity index (χ1) is 15.1. The van der Waals surface area contributed by atoms with Crippen molar-refractivity contribution in [3.8, 4) is 17.2 Å². The summed E-state index contributed by atoms with van der Waals surface area (Å²) in [4.78, 5) is 18.5. The molecule has 0 fully saturated rings. The minimum Gasteiger partial charge on any atom is -0.403 e. The second kappa shape index (κ2) is 10.0. The van der Waals surface area contributed by atoms with Crippen molar-refractivity contribution in [1.82, 2.24) is 0 Å². The van der Waals surface area contributed by atoms with Gasteiger partial charge in [-0.05, 0) is 42.8 Å². The Morgan fingerprint density at radius 2 is 1.06 bits per heavy atom. The van der Waals surface area contributed by atoms with Crippen LogP contribution in [0.3, 0.4) is 0 Å². The summed E-state index contributed by atoms with van der Waals surface area (Å²) >= 11 is 0. The minimum atomic E-state index is -5.44. The molecule has 0 aliphatic rings. The predicted molar refractivity (Wildman–Crippen MR) is 115 cm³/mol. The number of rotatable bonds is 10. The molecule has 0 heterocycles. The van der Waals surface area contributed by atoms with Crippen molar-refractivity contribution in [1.29, 1.82) is 0 Å². The van der Waals surface area contributed by atoms with Gasteiger partial charge in [0, 0.05) is 0 Å². The first-order valence-corrected chi connectivity index (χ1v) is 13.4. The molecular weight excluding hydrogens is 481 g/mol. The van der Waals surface area contributed by atoms with Gasteiger partial charge in [-0.15, -0.1) is 0 Å². The van der Waals surface area contributed by atoms with Crippen LogP contribution in [-0.4, -0.2) is 9.79 Å². The van der Waals surface area contributed by atoms with Crippen molar-refractivity contribution in [3.63, 3.8) is 0 Å². The molecule has 3 rings (SSSR count). The molecule has 0 bridgehead atoms. The lowest BCUT2D eigenvalue weighted by molar-refractivity contribution is 0.213. The van der Waals surface area contributed by atoms with Crippen molar-refractivity contribution < 1.29 is 45.7 Å². The van der Waals surface area contributed by atoms with Crippen molar-refractivity contribution in [3.05, 3.63) is 90.5 Å². The zero-order valence-corrected chi connectivity index (χ0v) is 19.3. The topological polar surface area (TPSA) is 138 Å². The summed E-state index contributed by atoms with van der Waals surface area (Å²) in [5.41, 5.74) is 0.438. The fourth-order valence-electron chi connectivity index (χ4n) is 2.35. The second-order valence-corrected chi connectivity index (χ2v) is 10.8. The Hall–Kier alpha value is -2.41. The van der Waals surface area contributed by atoms with E-state index in [1.165, 1.54) is 36.4 Å². The summed E-state index contributed by atoms with van der Waals surface area (Å²) in [5, 5.41) is 0. The Morgan fingerprint density at radius 1 is 0.594 bits per heavy atom. The molecule has 1 unspecified atom stereocenters. The summed E-state index contributed by atoms with van der Waals surface area (Å²) in [6.45, 7) is 1.58. The molecule has 0 amide bonds. The molecule has 0 radical (unpaired) electrons. The molecule has 0 aromatic heterocycles. The molecule has 3 aromatic carbocycles. The van der Waals surface area contributed by atoms with Crippen LogP contribution in [-0.2, 0) is 22.3 Å². The normalized spacial score (nSPS) is 13.7. The fraction of sp³-hybridized carbons (Fsp3) is 0.0526. The Labute approximate surface area is 184 Å². The minimum absolute atomic E-state index is 0.00499. The zero-order chi connectivity index (χ0) is 23.2. The van der Waals surface area contributed by atoms with E-state index in [1.807, 2.05) is 0 Å². The van der Waals surface area contributed by atoms with Crippen molar-refractivity contribution in [2.45, 2.75) is 6.92 Å². The molecule has 13 heteroatoms. The Balaban J connectivity index is 1.99. The number of aryl methyl sites for hydroxylation is 1. The van der Waals surface area contributed by atoms with E-state index in [-0.39, 0.29) is 17.2 Å². The zero-order valence-electron chi connectivity index (χ0n) is 16.6. The van der Waals surface area contributed by atoms with Crippen LogP contribution in [0, 0.1) is 6.92 Å². The Bertz CT molecular complexity index is 1130. The number of hydrogen-bond acceptors (Lipinski definition) is 8. The van der Waals surface area contributed by atoms with E-state index in [2.05, 4.69) is 4.31 Å². The highest BCUT2D eigenvalue weighted by Gasteiger charge is 2.48. The van der Waals surface area contributed by atoms with Crippen LogP contribution < -0.4 is 13.6 Å². The van der Waals surface area contributed by atoms with E-state index in [4.69, 9.17) is 17.9 Å². The van der Waals surface area contributed by atoms with Gasteiger partial charge in [0.1, 0.15) is 17.2 Å². The lowest BCUT2D eigenvalue weighted by atomic mass is 10.2. The molecule has 0 spiro atoms. The molecule has 32 heavy (non-hydrogen) atoms. The van der Waals surface area contributed by atoms with E-state index in [0.717, 1.165) is 0 Å². The molecule has 3 aromatic rings. The highest BCUT2D eigenvalue weighted by Crippen LogP contribution is 2.69.